The van der Waals surface area contributed by atoms with Crippen LogP contribution < -0.4 is 10.5 Å². The van der Waals surface area contributed by atoms with Crippen LogP contribution in [0.25, 0.3) is 0 Å². The lowest BCUT2D eigenvalue weighted by Gasteiger charge is -2.20. The molecule has 1 aromatic rings. The number of nitrogen functional groups attached to an aromatic ring is 1. The minimum absolute atomic E-state index is 0.289. The molecule has 0 amide bonds. The largest absolute Gasteiger partial charge is 0.472 e. The number of pyridine rings is 1. The average Bonchev–Trinajstić information content (AvgIpc) is 2.06. The first-order valence-electron chi connectivity index (χ1n) is 4.37. The van der Waals surface area contributed by atoms with Crippen LogP contribution in [0.3, 0.4) is 0 Å². The van der Waals surface area contributed by atoms with Gasteiger partial charge in [-0.15, -0.1) is 0 Å². The monoisotopic (exact) mass is 193 g/mol. The molecular formula is C10H15N3O. The van der Waals surface area contributed by atoms with Gasteiger partial charge in [0.05, 0.1) is 11.9 Å². The number of nitrogens with one attached hydrogen (secondary N) is 1. The quantitative estimate of drug-likeness (QED) is 0.704. The van der Waals surface area contributed by atoms with Crippen molar-refractivity contribution in [3.8, 4) is 5.88 Å². The molecule has 0 saturated heterocycles. The van der Waals surface area contributed by atoms with Gasteiger partial charge in [-0.05, 0) is 20.8 Å². The van der Waals surface area contributed by atoms with Gasteiger partial charge in [0.1, 0.15) is 5.60 Å². The van der Waals surface area contributed by atoms with Crippen LogP contribution in [-0.2, 0) is 0 Å². The van der Waals surface area contributed by atoms with E-state index in [0.29, 0.717) is 17.1 Å². The Balaban J connectivity index is 2.95. The van der Waals surface area contributed by atoms with Crippen molar-refractivity contribution in [2.24, 2.45) is 0 Å². The van der Waals surface area contributed by atoms with Gasteiger partial charge < -0.3 is 15.9 Å². The summed E-state index contributed by atoms with van der Waals surface area (Å²) in [5.74, 6) is 0.491. The maximum Gasteiger partial charge on any atom is 0.214 e. The van der Waals surface area contributed by atoms with E-state index in [0.717, 1.165) is 0 Å². The van der Waals surface area contributed by atoms with Gasteiger partial charge in [-0.1, -0.05) is 0 Å². The Bertz CT molecular complexity index is 342. The van der Waals surface area contributed by atoms with E-state index in [1.807, 2.05) is 20.8 Å². The fourth-order valence-corrected chi connectivity index (χ4v) is 0.956. The highest BCUT2D eigenvalue weighted by molar-refractivity contribution is 5.84. The highest BCUT2D eigenvalue weighted by Crippen LogP contribution is 2.18. The van der Waals surface area contributed by atoms with Crippen molar-refractivity contribution in [3.05, 3.63) is 17.8 Å². The van der Waals surface area contributed by atoms with Crippen LogP contribution in [0.2, 0.25) is 0 Å². The normalized spacial score (nSPS) is 11.1. The second-order valence-corrected chi connectivity index (χ2v) is 4.01. The number of hydrogen-bond donors (Lipinski definition) is 2. The van der Waals surface area contributed by atoms with Crippen molar-refractivity contribution in [3.63, 3.8) is 0 Å². The van der Waals surface area contributed by atoms with E-state index < -0.39 is 0 Å². The van der Waals surface area contributed by atoms with E-state index in [2.05, 4.69) is 4.98 Å². The van der Waals surface area contributed by atoms with E-state index in [9.17, 15) is 0 Å². The first-order valence-corrected chi connectivity index (χ1v) is 4.37. The molecule has 0 atom stereocenters. The summed E-state index contributed by atoms with van der Waals surface area (Å²) in [6.45, 7) is 5.82. The summed E-state index contributed by atoms with van der Waals surface area (Å²) in [5, 5.41) is 7.12. The summed E-state index contributed by atoms with van der Waals surface area (Å²) in [7, 11) is 0. The Labute approximate surface area is 83.6 Å². The third-order valence-electron chi connectivity index (χ3n) is 1.51. The van der Waals surface area contributed by atoms with Crippen LogP contribution >= 0.6 is 0 Å². The van der Waals surface area contributed by atoms with Crippen LogP contribution in [-0.4, -0.2) is 16.8 Å². The van der Waals surface area contributed by atoms with Gasteiger partial charge in [0.25, 0.3) is 0 Å². The van der Waals surface area contributed by atoms with Crippen LogP contribution in [0.1, 0.15) is 26.3 Å². The Kier molecular flexibility index (Phi) is 2.74. The van der Waals surface area contributed by atoms with Crippen molar-refractivity contribution < 1.29 is 4.74 Å². The standard InChI is InChI=1S/C10H15N3O/c1-10(2,3)14-9-4-7(5-11)8(12)6-13-9/h4-6,11H,12H2,1-3H3. The van der Waals surface area contributed by atoms with Gasteiger partial charge in [0, 0.05) is 17.8 Å². The molecule has 1 aromatic heterocycles. The third kappa shape index (κ3) is 2.73. The lowest BCUT2D eigenvalue weighted by atomic mass is 10.2. The van der Waals surface area contributed by atoms with Crippen molar-refractivity contribution in [2.75, 3.05) is 5.73 Å². The third-order valence-corrected chi connectivity index (χ3v) is 1.51. The second kappa shape index (κ2) is 3.65. The molecule has 4 heteroatoms. The minimum Gasteiger partial charge on any atom is -0.472 e. The topological polar surface area (TPSA) is 72.0 Å². The van der Waals surface area contributed by atoms with Crippen LogP contribution in [0, 0.1) is 5.41 Å². The summed E-state index contributed by atoms with van der Waals surface area (Å²) >= 11 is 0. The van der Waals surface area contributed by atoms with E-state index in [1.54, 1.807) is 6.07 Å². The van der Waals surface area contributed by atoms with Crippen molar-refractivity contribution in [1.82, 2.24) is 4.98 Å². The number of nitrogens with zero attached hydrogens (tertiary/aromatic N) is 1. The molecule has 0 aliphatic rings. The van der Waals surface area contributed by atoms with Crippen molar-refractivity contribution in [1.29, 1.82) is 5.41 Å². The minimum atomic E-state index is -0.289. The molecule has 4 nitrogen and oxygen atoms in total. The Hall–Kier alpha value is -1.58. The number of aromatic nitrogens is 1. The van der Waals surface area contributed by atoms with Gasteiger partial charge in [-0.2, -0.15) is 0 Å². The Morgan fingerprint density at radius 2 is 2.14 bits per heavy atom. The van der Waals surface area contributed by atoms with Gasteiger partial charge in [0.2, 0.25) is 5.88 Å². The lowest BCUT2D eigenvalue weighted by molar-refractivity contribution is 0.124. The molecule has 1 heterocycles. The Morgan fingerprint density at radius 3 is 2.64 bits per heavy atom. The number of hydrogen-bond acceptors (Lipinski definition) is 4. The summed E-state index contributed by atoms with van der Waals surface area (Å²) in [6.07, 6.45) is 2.69. The molecule has 0 aromatic carbocycles. The van der Waals surface area contributed by atoms with Gasteiger partial charge in [0.15, 0.2) is 0 Å². The average molecular weight is 193 g/mol. The molecule has 0 spiro atoms. The molecule has 0 aliphatic heterocycles. The van der Waals surface area contributed by atoms with Gasteiger partial charge in [-0.3, -0.25) is 0 Å². The zero-order valence-electron chi connectivity index (χ0n) is 8.66. The molecule has 0 saturated carbocycles. The summed E-state index contributed by atoms with van der Waals surface area (Å²) < 4.78 is 5.53. The Morgan fingerprint density at radius 1 is 1.50 bits per heavy atom. The van der Waals surface area contributed by atoms with Crippen LogP contribution in [0.4, 0.5) is 5.69 Å². The van der Waals surface area contributed by atoms with Crippen molar-refractivity contribution >= 4 is 11.9 Å². The first kappa shape index (κ1) is 10.5. The SMILES string of the molecule is CC(C)(C)Oc1cc(C=N)c(N)cn1. The molecule has 3 N–H and O–H groups in total. The van der Waals surface area contributed by atoms with Crippen LogP contribution in [0.15, 0.2) is 12.3 Å². The second-order valence-electron chi connectivity index (χ2n) is 4.01. The first-order chi connectivity index (χ1) is 6.42. The number of nitrogens with two attached hydrogens (primary N) is 1. The predicted molar refractivity (Wildman–Crippen MR) is 56.9 cm³/mol. The maximum atomic E-state index is 7.12. The zero-order chi connectivity index (χ0) is 10.8. The smallest absolute Gasteiger partial charge is 0.214 e. The summed E-state index contributed by atoms with van der Waals surface area (Å²) in [4.78, 5) is 4.02. The van der Waals surface area contributed by atoms with Crippen molar-refractivity contribution in [2.45, 2.75) is 26.4 Å². The number of anilines is 1. The fourth-order valence-electron chi connectivity index (χ4n) is 0.956. The predicted octanol–water partition coefficient (Wildman–Crippen LogP) is 1.84. The zero-order valence-corrected chi connectivity index (χ0v) is 8.66. The van der Waals surface area contributed by atoms with E-state index >= 15 is 0 Å². The molecular weight excluding hydrogens is 178 g/mol. The molecule has 0 aliphatic carbocycles. The van der Waals surface area contributed by atoms with E-state index in [-0.39, 0.29) is 5.60 Å². The molecule has 0 fully saturated rings. The van der Waals surface area contributed by atoms with Gasteiger partial charge >= 0.3 is 0 Å². The van der Waals surface area contributed by atoms with E-state index in [4.69, 9.17) is 15.9 Å². The number of ether oxygens (including phenoxy) is 1. The highest BCUT2D eigenvalue weighted by atomic mass is 16.5. The molecule has 76 valence electrons. The molecule has 0 unspecified atom stereocenters. The summed E-state index contributed by atoms with van der Waals surface area (Å²) in [5.41, 5.74) is 6.42. The molecule has 1 rings (SSSR count). The van der Waals surface area contributed by atoms with Crippen LogP contribution in [0.5, 0.6) is 5.88 Å². The number of rotatable bonds is 2. The molecule has 0 bridgehead atoms. The lowest BCUT2D eigenvalue weighted by Crippen LogP contribution is -2.23. The van der Waals surface area contributed by atoms with Gasteiger partial charge in [-0.25, -0.2) is 4.98 Å². The fraction of sp³-hybridized carbons (Fsp3) is 0.400. The molecule has 14 heavy (non-hydrogen) atoms. The maximum absolute atomic E-state index is 7.12. The van der Waals surface area contributed by atoms with E-state index in [1.165, 1.54) is 12.4 Å². The highest BCUT2D eigenvalue weighted by Gasteiger charge is 2.13. The summed E-state index contributed by atoms with van der Waals surface area (Å²) in [6, 6.07) is 1.66. The molecule has 0 radical (unpaired) electrons.